The van der Waals surface area contributed by atoms with Gasteiger partial charge in [-0.3, -0.25) is 0 Å². The molecule has 0 aromatic carbocycles. The monoisotopic (exact) mass is 208 g/mol. The molecular weight excluding hydrogens is 188 g/mol. The van der Waals surface area contributed by atoms with Crippen molar-refractivity contribution in [2.75, 3.05) is 20.1 Å². The molecule has 84 valence electrons. The molecule has 1 saturated heterocycles. The molecule has 1 aromatic heterocycles. The number of furan rings is 1. The van der Waals surface area contributed by atoms with Gasteiger partial charge in [0.25, 0.3) is 0 Å². The first kappa shape index (κ1) is 10.7. The van der Waals surface area contributed by atoms with Gasteiger partial charge in [0, 0.05) is 18.2 Å². The molecule has 1 unspecified atom stereocenters. The molecule has 1 aromatic rings. The number of nitrogens with one attached hydrogen (secondary N) is 1. The van der Waals surface area contributed by atoms with E-state index < -0.39 is 0 Å². The Kier molecular flexibility index (Phi) is 3.80. The van der Waals surface area contributed by atoms with Crippen LogP contribution in [0, 0.1) is 0 Å². The lowest BCUT2D eigenvalue weighted by Gasteiger charge is -2.16. The van der Waals surface area contributed by atoms with Crippen molar-refractivity contribution in [1.82, 2.24) is 10.2 Å². The minimum Gasteiger partial charge on any atom is -0.472 e. The van der Waals surface area contributed by atoms with Crippen LogP contribution in [-0.2, 0) is 6.54 Å². The summed E-state index contributed by atoms with van der Waals surface area (Å²) in [6, 6.07) is 2.69. The van der Waals surface area contributed by atoms with Crippen LogP contribution in [-0.4, -0.2) is 31.1 Å². The van der Waals surface area contributed by atoms with E-state index >= 15 is 0 Å². The van der Waals surface area contributed by atoms with Crippen molar-refractivity contribution in [3.05, 3.63) is 24.2 Å². The second-order valence-electron chi connectivity index (χ2n) is 4.44. The van der Waals surface area contributed by atoms with E-state index in [1.807, 2.05) is 12.3 Å². The molecule has 3 heteroatoms. The van der Waals surface area contributed by atoms with Gasteiger partial charge in [-0.05, 0) is 45.5 Å². The van der Waals surface area contributed by atoms with Crippen LogP contribution in [0.2, 0.25) is 0 Å². The Hall–Kier alpha value is -0.800. The van der Waals surface area contributed by atoms with Crippen molar-refractivity contribution < 1.29 is 4.42 Å². The van der Waals surface area contributed by atoms with Crippen molar-refractivity contribution in [2.24, 2.45) is 0 Å². The molecule has 0 radical (unpaired) electrons. The predicted octanol–water partition coefficient (Wildman–Crippen LogP) is 1.85. The van der Waals surface area contributed by atoms with Gasteiger partial charge in [-0.2, -0.15) is 0 Å². The maximum atomic E-state index is 5.05. The van der Waals surface area contributed by atoms with Crippen molar-refractivity contribution in [1.29, 1.82) is 0 Å². The van der Waals surface area contributed by atoms with Crippen molar-refractivity contribution in [3.8, 4) is 0 Å². The first-order valence-corrected chi connectivity index (χ1v) is 5.77. The maximum Gasteiger partial charge on any atom is 0.0947 e. The number of hydrogen-bond donors (Lipinski definition) is 1. The fraction of sp³-hybridized carbons (Fsp3) is 0.667. The van der Waals surface area contributed by atoms with Gasteiger partial charge in [0.15, 0.2) is 0 Å². The number of nitrogens with zero attached hydrogens (tertiary/aromatic N) is 1. The summed E-state index contributed by atoms with van der Waals surface area (Å²) in [4.78, 5) is 2.42. The molecule has 1 aliphatic rings. The highest BCUT2D eigenvalue weighted by atomic mass is 16.3. The van der Waals surface area contributed by atoms with Gasteiger partial charge >= 0.3 is 0 Å². The smallest absolute Gasteiger partial charge is 0.0947 e. The van der Waals surface area contributed by atoms with Crippen LogP contribution in [0.3, 0.4) is 0 Å². The zero-order valence-corrected chi connectivity index (χ0v) is 9.41. The van der Waals surface area contributed by atoms with Gasteiger partial charge in [0.05, 0.1) is 12.5 Å². The Morgan fingerprint density at radius 2 is 2.40 bits per heavy atom. The summed E-state index contributed by atoms with van der Waals surface area (Å²) in [5.74, 6) is 0. The topological polar surface area (TPSA) is 28.4 Å². The van der Waals surface area contributed by atoms with Crippen LogP contribution in [0.5, 0.6) is 0 Å². The summed E-state index contributed by atoms with van der Waals surface area (Å²) in [5.41, 5.74) is 1.24. The summed E-state index contributed by atoms with van der Waals surface area (Å²) < 4.78 is 5.05. The molecule has 0 saturated carbocycles. The molecule has 0 aliphatic carbocycles. The SMILES string of the molecule is CN1CCCC(NCc2ccoc2)CC1. The zero-order valence-electron chi connectivity index (χ0n) is 9.41. The second-order valence-corrected chi connectivity index (χ2v) is 4.44. The second kappa shape index (κ2) is 5.33. The van der Waals surface area contributed by atoms with Gasteiger partial charge in [-0.25, -0.2) is 0 Å². The Morgan fingerprint density at radius 3 is 3.20 bits per heavy atom. The maximum absolute atomic E-state index is 5.05. The van der Waals surface area contributed by atoms with Crippen LogP contribution in [0.25, 0.3) is 0 Å². The molecule has 15 heavy (non-hydrogen) atoms. The molecule has 0 amide bonds. The van der Waals surface area contributed by atoms with E-state index in [1.54, 1.807) is 6.26 Å². The largest absolute Gasteiger partial charge is 0.472 e. The summed E-state index contributed by atoms with van der Waals surface area (Å²) in [6.07, 6.45) is 7.41. The fourth-order valence-corrected chi connectivity index (χ4v) is 2.10. The van der Waals surface area contributed by atoms with E-state index in [1.165, 1.54) is 37.9 Å². The third-order valence-corrected chi connectivity index (χ3v) is 3.13. The lowest BCUT2D eigenvalue weighted by atomic mass is 10.1. The average molecular weight is 208 g/mol. The van der Waals surface area contributed by atoms with Crippen LogP contribution >= 0.6 is 0 Å². The molecule has 2 rings (SSSR count). The Bertz CT molecular complexity index is 271. The normalized spacial score (nSPS) is 23.9. The molecule has 1 atom stereocenters. The third-order valence-electron chi connectivity index (χ3n) is 3.13. The quantitative estimate of drug-likeness (QED) is 0.821. The van der Waals surface area contributed by atoms with Crippen molar-refractivity contribution in [3.63, 3.8) is 0 Å². The molecule has 1 aliphatic heterocycles. The van der Waals surface area contributed by atoms with E-state index in [2.05, 4.69) is 17.3 Å². The van der Waals surface area contributed by atoms with E-state index in [4.69, 9.17) is 4.42 Å². The summed E-state index contributed by atoms with van der Waals surface area (Å²) >= 11 is 0. The summed E-state index contributed by atoms with van der Waals surface area (Å²) in [6.45, 7) is 3.39. The third kappa shape index (κ3) is 3.36. The lowest BCUT2D eigenvalue weighted by molar-refractivity contribution is 0.343. The Labute approximate surface area is 91.4 Å². The predicted molar refractivity (Wildman–Crippen MR) is 60.7 cm³/mol. The van der Waals surface area contributed by atoms with Crippen molar-refractivity contribution >= 4 is 0 Å². The molecule has 1 N–H and O–H groups in total. The van der Waals surface area contributed by atoms with Crippen molar-refractivity contribution in [2.45, 2.75) is 31.8 Å². The van der Waals surface area contributed by atoms with Gasteiger partial charge in [-0.1, -0.05) is 0 Å². The Balaban J connectivity index is 1.74. The molecular formula is C12H20N2O. The summed E-state index contributed by atoms with van der Waals surface area (Å²) in [5, 5.41) is 3.60. The van der Waals surface area contributed by atoms with E-state index in [9.17, 15) is 0 Å². The van der Waals surface area contributed by atoms with Gasteiger partial charge in [0.1, 0.15) is 0 Å². The van der Waals surface area contributed by atoms with Crippen LogP contribution in [0.4, 0.5) is 0 Å². The Morgan fingerprint density at radius 1 is 1.47 bits per heavy atom. The molecule has 1 fully saturated rings. The molecule has 0 bridgehead atoms. The highest BCUT2D eigenvalue weighted by Gasteiger charge is 2.13. The first-order valence-electron chi connectivity index (χ1n) is 5.77. The van der Waals surface area contributed by atoms with Gasteiger partial charge in [-0.15, -0.1) is 0 Å². The van der Waals surface area contributed by atoms with E-state index in [-0.39, 0.29) is 0 Å². The number of hydrogen-bond acceptors (Lipinski definition) is 3. The fourth-order valence-electron chi connectivity index (χ4n) is 2.10. The highest BCUT2D eigenvalue weighted by Crippen LogP contribution is 2.10. The highest BCUT2D eigenvalue weighted by molar-refractivity contribution is 5.04. The van der Waals surface area contributed by atoms with E-state index in [0.717, 1.165) is 6.54 Å². The molecule has 2 heterocycles. The minimum atomic E-state index is 0.671. The first-order chi connectivity index (χ1) is 7.34. The average Bonchev–Trinajstić information content (AvgIpc) is 2.66. The number of rotatable bonds is 3. The van der Waals surface area contributed by atoms with E-state index in [0.29, 0.717) is 6.04 Å². The van der Waals surface area contributed by atoms with Gasteiger partial charge in [0.2, 0.25) is 0 Å². The van der Waals surface area contributed by atoms with Crippen LogP contribution in [0.1, 0.15) is 24.8 Å². The molecule has 0 spiro atoms. The van der Waals surface area contributed by atoms with Gasteiger partial charge < -0.3 is 14.6 Å². The molecule has 3 nitrogen and oxygen atoms in total. The zero-order chi connectivity index (χ0) is 10.5. The number of likely N-dealkylation sites (tertiary alicyclic amines) is 1. The standard InChI is InChI=1S/C12H20N2O/c1-14-6-2-3-12(4-7-14)13-9-11-5-8-15-10-11/h5,8,10,12-13H,2-4,6-7,9H2,1H3. The minimum absolute atomic E-state index is 0.671. The lowest BCUT2D eigenvalue weighted by Crippen LogP contribution is -2.29. The van der Waals surface area contributed by atoms with Crippen LogP contribution in [0.15, 0.2) is 23.0 Å². The summed E-state index contributed by atoms with van der Waals surface area (Å²) in [7, 11) is 2.21. The van der Waals surface area contributed by atoms with Crippen LogP contribution < -0.4 is 5.32 Å².